The average Bonchev–Trinajstić information content (AvgIpc) is 2.69. The predicted molar refractivity (Wildman–Crippen MR) is 98.6 cm³/mol. The number of carboxylic acids is 1. The Morgan fingerprint density at radius 3 is 2.38 bits per heavy atom. The molecule has 1 aromatic heterocycles. The van der Waals surface area contributed by atoms with Crippen molar-refractivity contribution in [1.82, 2.24) is 15.2 Å². The lowest BCUT2D eigenvalue weighted by Crippen LogP contribution is -2.48. The van der Waals surface area contributed by atoms with Crippen LogP contribution in [0.1, 0.15) is 20.8 Å². The molecule has 1 amide bonds. The van der Waals surface area contributed by atoms with Gasteiger partial charge in [0.2, 0.25) is 0 Å². The van der Waals surface area contributed by atoms with E-state index in [1.54, 1.807) is 0 Å². The van der Waals surface area contributed by atoms with E-state index in [0.717, 1.165) is 32.7 Å². The first kappa shape index (κ1) is 17.9. The first-order chi connectivity index (χ1) is 12.6. The van der Waals surface area contributed by atoms with E-state index < -0.39 is 5.97 Å². The number of carboxylic acid groups (broad SMARTS) is 1. The molecule has 2 N–H and O–H groups in total. The number of aromatic nitrogens is 1. The molecule has 1 saturated heterocycles. The maximum atomic E-state index is 12.1. The number of para-hydroxylation sites is 1. The Balaban J connectivity index is 1.40. The summed E-state index contributed by atoms with van der Waals surface area (Å²) in [5.41, 5.74) is 1.54. The lowest BCUT2D eigenvalue weighted by Gasteiger charge is -2.36. The number of amides is 1. The Hall–Kier alpha value is -2.93. The predicted octanol–water partition coefficient (Wildman–Crippen LogP) is 1.33. The van der Waals surface area contributed by atoms with Crippen molar-refractivity contribution in [3.8, 4) is 0 Å². The monoisotopic (exact) mass is 354 g/mol. The van der Waals surface area contributed by atoms with Gasteiger partial charge in [0.15, 0.2) is 0 Å². The molecule has 0 aliphatic carbocycles. The zero-order chi connectivity index (χ0) is 18.4. The molecule has 0 spiro atoms. The van der Waals surface area contributed by atoms with Gasteiger partial charge >= 0.3 is 5.97 Å². The second-order valence-corrected chi connectivity index (χ2v) is 6.16. The summed E-state index contributed by atoms with van der Waals surface area (Å²) in [6.07, 6.45) is 1.19. The van der Waals surface area contributed by atoms with Crippen LogP contribution in [0.2, 0.25) is 0 Å². The van der Waals surface area contributed by atoms with E-state index in [2.05, 4.69) is 32.2 Å². The molecule has 2 heterocycles. The highest BCUT2D eigenvalue weighted by Crippen LogP contribution is 2.15. The maximum Gasteiger partial charge on any atom is 0.337 e. The SMILES string of the molecule is O=C(O)c1ccc(C(=O)NCCN2CCN(c3ccccc3)CC2)nc1. The molecule has 0 bridgehead atoms. The van der Waals surface area contributed by atoms with Crippen LogP contribution >= 0.6 is 0 Å². The molecule has 7 heteroatoms. The summed E-state index contributed by atoms with van der Waals surface area (Å²) in [6.45, 7) is 5.16. The largest absolute Gasteiger partial charge is 0.478 e. The van der Waals surface area contributed by atoms with Crippen LogP contribution in [0.15, 0.2) is 48.7 Å². The van der Waals surface area contributed by atoms with Crippen molar-refractivity contribution in [3.05, 3.63) is 59.9 Å². The second-order valence-electron chi connectivity index (χ2n) is 6.16. The standard InChI is InChI=1S/C19H22N4O3/c24-18(17-7-6-15(14-21-17)19(25)26)20-8-9-22-10-12-23(13-11-22)16-4-2-1-3-5-16/h1-7,14H,8-13H2,(H,20,24)(H,25,26). The Labute approximate surface area is 152 Å². The Morgan fingerprint density at radius 2 is 1.77 bits per heavy atom. The molecule has 136 valence electrons. The second kappa shape index (κ2) is 8.44. The Kier molecular flexibility index (Phi) is 5.80. The van der Waals surface area contributed by atoms with Crippen molar-refractivity contribution < 1.29 is 14.7 Å². The summed E-state index contributed by atoms with van der Waals surface area (Å²) in [5, 5.41) is 11.7. The number of rotatable bonds is 6. The minimum absolute atomic E-state index is 0.0674. The minimum Gasteiger partial charge on any atom is -0.478 e. The molecule has 26 heavy (non-hydrogen) atoms. The van der Waals surface area contributed by atoms with Crippen LogP contribution in [0.25, 0.3) is 0 Å². The molecular weight excluding hydrogens is 332 g/mol. The number of piperazine rings is 1. The van der Waals surface area contributed by atoms with Gasteiger partial charge in [-0.1, -0.05) is 18.2 Å². The molecule has 1 aliphatic heterocycles. The van der Waals surface area contributed by atoms with E-state index in [1.165, 1.54) is 24.0 Å². The summed E-state index contributed by atoms with van der Waals surface area (Å²) in [4.78, 5) is 31.4. The third-order valence-electron chi connectivity index (χ3n) is 4.45. The highest BCUT2D eigenvalue weighted by atomic mass is 16.4. The molecule has 0 unspecified atom stereocenters. The van der Waals surface area contributed by atoms with Gasteiger partial charge in [0, 0.05) is 51.2 Å². The van der Waals surface area contributed by atoms with Crippen molar-refractivity contribution >= 4 is 17.6 Å². The van der Waals surface area contributed by atoms with E-state index >= 15 is 0 Å². The highest BCUT2D eigenvalue weighted by molar-refractivity contribution is 5.93. The van der Waals surface area contributed by atoms with Gasteiger partial charge in [0.05, 0.1) is 5.56 Å². The van der Waals surface area contributed by atoms with E-state index in [9.17, 15) is 9.59 Å². The van der Waals surface area contributed by atoms with Gasteiger partial charge in [-0.25, -0.2) is 4.79 Å². The van der Waals surface area contributed by atoms with E-state index in [-0.39, 0.29) is 17.2 Å². The molecule has 0 saturated carbocycles. The van der Waals surface area contributed by atoms with Crippen LogP contribution in [-0.4, -0.2) is 66.1 Å². The molecule has 0 atom stereocenters. The Bertz CT molecular complexity index is 741. The van der Waals surface area contributed by atoms with Crippen molar-refractivity contribution in [2.24, 2.45) is 0 Å². The van der Waals surface area contributed by atoms with Gasteiger partial charge in [0.25, 0.3) is 5.91 Å². The zero-order valence-electron chi connectivity index (χ0n) is 14.5. The zero-order valence-corrected chi connectivity index (χ0v) is 14.5. The summed E-state index contributed by atoms with van der Waals surface area (Å²) in [6, 6.07) is 13.2. The van der Waals surface area contributed by atoms with Gasteiger partial charge in [0.1, 0.15) is 5.69 Å². The Morgan fingerprint density at radius 1 is 1.04 bits per heavy atom. The molecule has 3 rings (SSSR count). The number of carbonyl (C=O) groups is 2. The number of aromatic carboxylic acids is 1. The number of carbonyl (C=O) groups excluding carboxylic acids is 1. The fraction of sp³-hybridized carbons (Fsp3) is 0.316. The molecule has 2 aromatic rings. The van der Waals surface area contributed by atoms with Crippen LogP contribution in [-0.2, 0) is 0 Å². The minimum atomic E-state index is -1.06. The quantitative estimate of drug-likeness (QED) is 0.814. The van der Waals surface area contributed by atoms with E-state index in [4.69, 9.17) is 5.11 Å². The number of benzene rings is 1. The molecular formula is C19H22N4O3. The van der Waals surface area contributed by atoms with Gasteiger partial charge < -0.3 is 15.3 Å². The molecule has 1 fully saturated rings. The number of hydrogen-bond donors (Lipinski definition) is 2. The number of nitrogens with zero attached hydrogens (tertiary/aromatic N) is 3. The van der Waals surface area contributed by atoms with Crippen molar-refractivity contribution in [2.75, 3.05) is 44.2 Å². The molecule has 0 radical (unpaired) electrons. The molecule has 1 aromatic carbocycles. The van der Waals surface area contributed by atoms with Crippen molar-refractivity contribution in [1.29, 1.82) is 0 Å². The summed E-state index contributed by atoms with van der Waals surface area (Å²) >= 11 is 0. The lowest BCUT2D eigenvalue weighted by molar-refractivity contribution is 0.0695. The smallest absolute Gasteiger partial charge is 0.337 e. The first-order valence-corrected chi connectivity index (χ1v) is 8.63. The van der Waals surface area contributed by atoms with Crippen LogP contribution < -0.4 is 10.2 Å². The lowest BCUT2D eigenvalue weighted by atomic mass is 10.2. The summed E-state index contributed by atoms with van der Waals surface area (Å²) in [5.74, 6) is -1.34. The van der Waals surface area contributed by atoms with E-state index in [0.29, 0.717) is 6.54 Å². The van der Waals surface area contributed by atoms with Gasteiger partial charge in [-0.05, 0) is 24.3 Å². The number of anilines is 1. The topological polar surface area (TPSA) is 85.8 Å². The van der Waals surface area contributed by atoms with Crippen LogP contribution in [0.3, 0.4) is 0 Å². The van der Waals surface area contributed by atoms with Gasteiger partial charge in [-0.3, -0.25) is 14.7 Å². The fourth-order valence-electron chi connectivity index (χ4n) is 2.94. The van der Waals surface area contributed by atoms with Crippen LogP contribution in [0.4, 0.5) is 5.69 Å². The van der Waals surface area contributed by atoms with Crippen molar-refractivity contribution in [2.45, 2.75) is 0 Å². The average molecular weight is 354 g/mol. The summed E-state index contributed by atoms with van der Waals surface area (Å²) in [7, 11) is 0. The third-order valence-corrected chi connectivity index (χ3v) is 4.45. The normalized spacial score (nSPS) is 14.8. The van der Waals surface area contributed by atoms with Crippen molar-refractivity contribution in [3.63, 3.8) is 0 Å². The fourth-order valence-corrected chi connectivity index (χ4v) is 2.94. The number of pyridine rings is 1. The first-order valence-electron chi connectivity index (χ1n) is 8.63. The van der Waals surface area contributed by atoms with E-state index in [1.807, 2.05) is 18.2 Å². The van der Waals surface area contributed by atoms with Gasteiger partial charge in [-0.2, -0.15) is 0 Å². The molecule has 7 nitrogen and oxygen atoms in total. The summed E-state index contributed by atoms with van der Waals surface area (Å²) < 4.78 is 0. The van der Waals surface area contributed by atoms with Crippen LogP contribution in [0, 0.1) is 0 Å². The van der Waals surface area contributed by atoms with Crippen LogP contribution in [0.5, 0.6) is 0 Å². The number of hydrogen-bond acceptors (Lipinski definition) is 5. The third kappa shape index (κ3) is 4.58. The maximum absolute atomic E-state index is 12.1. The number of nitrogens with one attached hydrogen (secondary N) is 1. The molecule has 1 aliphatic rings. The van der Waals surface area contributed by atoms with Gasteiger partial charge in [-0.15, -0.1) is 0 Å². The highest BCUT2D eigenvalue weighted by Gasteiger charge is 2.17.